The van der Waals surface area contributed by atoms with Crippen molar-refractivity contribution in [2.24, 2.45) is 0 Å². The topological polar surface area (TPSA) is 81.4 Å². The van der Waals surface area contributed by atoms with Crippen molar-refractivity contribution in [1.82, 2.24) is 14.4 Å². The summed E-state index contributed by atoms with van der Waals surface area (Å²) in [4.78, 5) is 21.9. The first-order chi connectivity index (χ1) is 11.4. The van der Waals surface area contributed by atoms with E-state index in [2.05, 4.69) is 9.97 Å². The Morgan fingerprint density at radius 2 is 1.62 bits per heavy atom. The lowest BCUT2D eigenvalue weighted by Crippen LogP contribution is -2.19. The minimum atomic E-state index is -3.32. The van der Waals surface area contributed by atoms with Gasteiger partial charge < -0.3 is 0 Å². The third kappa shape index (κ3) is 2.33. The molecule has 0 aliphatic carbocycles. The highest BCUT2D eigenvalue weighted by Gasteiger charge is 2.16. The molecule has 0 amide bonds. The van der Waals surface area contributed by atoms with Gasteiger partial charge in [0, 0.05) is 6.26 Å². The van der Waals surface area contributed by atoms with Crippen molar-refractivity contribution >= 4 is 37.4 Å². The summed E-state index contributed by atoms with van der Waals surface area (Å²) in [6.07, 6.45) is 1.14. The Hall–Kier alpha value is -2.80. The second-order valence-electron chi connectivity index (χ2n) is 5.71. The number of para-hydroxylation sites is 3. The molecule has 0 saturated heterocycles. The van der Waals surface area contributed by atoms with E-state index in [1.807, 2.05) is 0 Å². The monoisotopic (exact) mass is 339 g/mol. The fourth-order valence-corrected chi connectivity index (χ4v) is 3.53. The molecular formula is C17H13N3O3S. The lowest BCUT2D eigenvalue weighted by atomic mass is 10.2. The van der Waals surface area contributed by atoms with Crippen molar-refractivity contribution < 1.29 is 8.42 Å². The normalized spacial score (nSPS) is 12.2. The summed E-state index contributed by atoms with van der Waals surface area (Å²) in [5, 5.41) is 0.483. The summed E-state index contributed by atoms with van der Waals surface area (Å²) in [5.41, 5.74) is 2.01. The van der Waals surface area contributed by atoms with Crippen molar-refractivity contribution in [1.29, 1.82) is 0 Å². The molecule has 0 spiro atoms. The first-order valence-electron chi connectivity index (χ1n) is 7.31. The molecule has 2 heterocycles. The Labute approximate surface area is 137 Å². The van der Waals surface area contributed by atoms with Crippen LogP contribution in [-0.2, 0) is 15.6 Å². The predicted octanol–water partition coefficient (Wildman–Crippen LogP) is 1.94. The minimum absolute atomic E-state index is 0.232. The number of fused-ring (bicyclic) bond motifs is 4. The van der Waals surface area contributed by atoms with Crippen molar-refractivity contribution in [2.75, 3.05) is 6.26 Å². The van der Waals surface area contributed by atoms with E-state index >= 15 is 0 Å². The fraction of sp³-hybridized carbons (Fsp3) is 0.118. The van der Waals surface area contributed by atoms with Gasteiger partial charge in [-0.1, -0.05) is 24.3 Å². The lowest BCUT2D eigenvalue weighted by Gasteiger charge is -2.11. The molecule has 4 aromatic rings. The molecule has 0 N–H and O–H groups in total. The molecule has 24 heavy (non-hydrogen) atoms. The van der Waals surface area contributed by atoms with Gasteiger partial charge in [-0.25, -0.2) is 18.4 Å². The molecule has 2 aromatic carbocycles. The van der Waals surface area contributed by atoms with E-state index in [1.165, 1.54) is 4.40 Å². The average Bonchev–Trinajstić information content (AvgIpc) is 2.54. The van der Waals surface area contributed by atoms with Crippen molar-refractivity contribution in [2.45, 2.75) is 5.75 Å². The van der Waals surface area contributed by atoms with Crippen molar-refractivity contribution in [3.63, 3.8) is 0 Å². The summed E-state index contributed by atoms with van der Waals surface area (Å²) in [5.74, 6) is -0.272. The lowest BCUT2D eigenvalue weighted by molar-refractivity contribution is 0.600. The number of aromatic nitrogens is 3. The molecule has 120 valence electrons. The highest BCUT2D eigenvalue weighted by Crippen LogP contribution is 2.19. The van der Waals surface area contributed by atoms with E-state index in [4.69, 9.17) is 0 Å². The molecule has 0 aliphatic heterocycles. The predicted molar refractivity (Wildman–Crippen MR) is 92.8 cm³/mol. The number of benzene rings is 2. The first-order valence-corrected chi connectivity index (χ1v) is 9.37. The summed E-state index contributed by atoms with van der Waals surface area (Å²) >= 11 is 0. The molecule has 0 saturated carbocycles. The number of hydrogen-bond donors (Lipinski definition) is 0. The molecule has 0 aliphatic rings. The third-order valence-corrected chi connectivity index (χ3v) is 4.61. The maximum atomic E-state index is 13.0. The smallest absolute Gasteiger partial charge is 0.266 e. The van der Waals surface area contributed by atoms with Crippen LogP contribution in [0.15, 0.2) is 53.3 Å². The SMILES string of the molecule is CS(=O)(=O)Cc1nc2ccccc2n2c(=O)c3ccccc3nc12. The van der Waals surface area contributed by atoms with Gasteiger partial charge in [0.2, 0.25) is 0 Å². The number of hydrogen-bond acceptors (Lipinski definition) is 5. The summed E-state index contributed by atoms with van der Waals surface area (Å²) in [6, 6.07) is 14.1. The molecule has 0 unspecified atom stereocenters. The molecule has 0 radical (unpaired) electrons. The quantitative estimate of drug-likeness (QED) is 0.412. The highest BCUT2D eigenvalue weighted by molar-refractivity contribution is 7.89. The van der Waals surface area contributed by atoms with Crippen molar-refractivity contribution in [3.8, 4) is 0 Å². The average molecular weight is 339 g/mol. The maximum absolute atomic E-state index is 13.0. The molecule has 0 fully saturated rings. The molecule has 6 nitrogen and oxygen atoms in total. The minimum Gasteiger partial charge on any atom is -0.268 e. The van der Waals surface area contributed by atoms with Crippen LogP contribution in [0.5, 0.6) is 0 Å². The van der Waals surface area contributed by atoms with Crippen LogP contribution in [0.4, 0.5) is 0 Å². The van der Waals surface area contributed by atoms with Gasteiger partial charge in [0.1, 0.15) is 0 Å². The summed E-state index contributed by atoms with van der Waals surface area (Å²) in [6.45, 7) is 0. The Balaban J connectivity index is 2.28. The standard InChI is InChI=1S/C17H13N3O3S/c1-24(22,23)10-14-16-19-12-7-3-2-6-11(12)17(21)20(16)15-9-5-4-8-13(15)18-14/h2-9H,10H2,1H3. The van der Waals surface area contributed by atoms with Crippen LogP contribution in [-0.4, -0.2) is 29.0 Å². The molecule has 2 aromatic heterocycles. The van der Waals surface area contributed by atoms with Gasteiger partial charge in [-0.2, -0.15) is 0 Å². The molecule has 4 rings (SSSR count). The van der Waals surface area contributed by atoms with Gasteiger partial charge in [-0.15, -0.1) is 0 Å². The van der Waals surface area contributed by atoms with E-state index in [-0.39, 0.29) is 22.7 Å². The number of nitrogens with zero attached hydrogens (tertiary/aromatic N) is 3. The molecule has 0 bridgehead atoms. The fourth-order valence-electron chi connectivity index (χ4n) is 2.84. The zero-order valence-corrected chi connectivity index (χ0v) is 13.6. The zero-order chi connectivity index (χ0) is 16.9. The maximum Gasteiger partial charge on any atom is 0.266 e. The van der Waals surface area contributed by atoms with Crippen LogP contribution in [0.25, 0.3) is 27.6 Å². The van der Waals surface area contributed by atoms with Gasteiger partial charge in [-0.05, 0) is 24.3 Å². The van der Waals surface area contributed by atoms with E-state index in [0.29, 0.717) is 21.9 Å². The van der Waals surface area contributed by atoms with Gasteiger partial charge in [0.15, 0.2) is 15.5 Å². The Morgan fingerprint density at radius 3 is 2.38 bits per heavy atom. The second-order valence-corrected chi connectivity index (χ2v) is 7.85. The highest BCUT2D eigenvalue weighted by atomic mass is 32.2. The summed E-state index contributed by atoms with van der Waals surface area (Å²) in [7, 11) is -3.32. The number of rotatable bonds is 2. The van der Waals surface area contributed by atoms with Gasteiger partial charge in [-0.3, -0.25) is 9.20 Å². The number of sulfone groups is 1. The van der Waals surface area contributed by atoms with E-state index < -0.39 is 9.84 Å². The Kier molecular flexibility index (Phi) is 3.14. The van der Waals surface area contributed by atoms with Crippen molar-refractivity contribution in [3.05, 3.63) is 64.6 Å². The van der Waals surface area contributed by atoms with E-state index in [0.717, 1.165) is 6.26 Å². The Bertz CT molecular complexity index is 1280. The van der Waals surface area contributed by atoms with E-state index in [9.17, 15) is 13.2 Å². The van der Waals surface area contributed by atoms with Crippen LogP contribution in [0.2, 0.25) is 0 Å². The summed E-state index contributed by atoms with van der Waals surface area (Å²) < 4.78 is 25.0. The molecule has 0 atom stereocenters. The van der Waals surface area contributed by atoms with Crippen LogP contribution in [0, 0.1) is 0 Å². The largest absolute Gasteiger partial charge is 0.268 e. The second kappa shape index (κ2) is 5.10. The van der Waals surface area contributed by atoms with Crippen LogP contribution >= 0.6 is 0 Å². The van der Waals surface area contributed by atoms with Gasteiger partial charge >= 0.3 is 0 Å². The molecule has 7 heteroatoms. The Morgan fingerprint density at radius 1 is 0.958 bits per heavy atom. The first kappa shape index (κ1) is 14.8. The molecular weight excluding hydrogens is 326 g/mol. The van der Waals surface area contributed by atoms with Gasteiger partial charge in [0.05, 0.1) is 33.4 Å². The third-order valence-electron chi connectivity index (χ3n) is 3.81. The van der Waals surface area contributed by atoms with Crippen LogP contribution in [0.3, 0.4) is 0 Å². The van der Waals surface area contributed by atoms with Gasteiger partial charge in [0.25, 0.3) is 5.56 Å². The van der Waals surface area contributed by atoms with Crippen LogP contribution < -0.4 is 5.56 Å². The van der Waals surface area contributed by atoms with Crippen LogP contribution in [0.1, 0.15) is 5.69 Å². The zero-order valence-electron chi connectivity index (χ0n) is 12.8. The van der Waals surface area contributed by atoms with E-state index in [1.54, 1.807) is 48.5 Å².